The Hall–Kier alpha value is -0.840. The molecule has 0 amide bonds. The number of aromatic nitrogens is 2. The van der Waals surface area contributed by atoms with E-state index in [-0.39, 0.29) is 11.8 Å². The van der Waals surface area contributed by atoms with E-state index in [1.165, 1.54) is 0 Å². The maximum atomic E-state index is 11.2. The van der Waals surface area contributed by atoms with Crippen LogP contribution in [0.4, 0.5) is 0 Å². The molecule has 1 atom stereocenters. The third kappa shape index (κ3) is 3.06. The molecule has 0 aliphatic carbocycles. The maximum Gasteiger partial charge on any atom is 0.152 e. The Bertz CT molecular complexity index is 409. The summed E-state index contributed by atoms with van der Waals surface area (Å²) in [6.45, 7) is 5.95. The van der Waals surface area contributed by atoms with E-state index in [1.54, 1.807) is 10.9 Å². The van der Waals surface area contributed by atoms with Gasteiger partial charge in [0.2, 0.25) is 0 Å². The minimum atomic E-state index is -2.80. The lowest BCUT2D eigenvalue weighted by Crippen LogP contribution is -2.11. The van der Waals surface area contributed by atoms with Crippen molar-refractivity contribution in [2.24, 2.45) is 0 Å². The van der Waals surface area contributed by atoms with Crippen LogP contribution in [0.25, 0.3) is 0 Å². The average Bonchev–Trinajstić information content (AvgIpc) is 2.75. The SMILES string of the molecule is CC.Cc1cnn(C2CCS(=O)(=O)C2)c1. The highest BCUT2D eigenvalue weighted by Gasteiger charge is 2.29. The van der Waals surface area contributed by atoms with Crippen LogP contribution in [-0.2, 0) is 9.84 Å². The van der Waals surface area contributed by atoms with E-state index in [0.29, 0.717) is 12.2 Å². The van der Waals surface area contributed by atoms with Gasteiger partial charge >= 0.3 is 0 Å². The minimum absolute atomic E-state index is 0.0544. The lowest BCUT2D eigenvalue weighted by atomic mass is 10.3. The molecule has 4 nitrogen and oxygen atoms in total. The number of nitrogens with zero attached hydrogens (tertiary/aromatic N) is 2. The minimum Gasteiger partial charge on any atom is -0.268 e. The van der Waals surface area contributed by atoms with Gasteiger partial charge in [-0.2, -0.15) is 5.10 Å². The van der Waals surface area contributed by atoms with Crippen molar-refractivity contribution in [1.29, 1.82) is 0 Å². The molecule has 1 aromatic heterocycles. The summed E-state index contributed by atoms with van der Waals surface area (Å²) in [5.74, 6) is 0.546. The van der Waals surface area contributed by atoms with Crippen molar-refractivity contribution in [3.05, 3.63) is 18.0 Å². The molecule has 0 bridgehead atoms. The number of hydrogen-bond donors (Lipinski definition) is 0. The van der Waals surface area contributed by atoms with Gasteiger partial charge < -0.3 is 0 Å². The first kappa shape index (κ1) is 12.2. The zero-order chi connectivity index (χ0) is 11.5. The highest BCUT2D eigenvalue weighted by Crippen LogP contribution is 2.22. The molecule has 0 saturated carbocycles. The summed E-state index contributed by atoms with van der Waals surface area (Å²) in [6.07, 6.45) is 4.35. The van der Waals surface area contributed by atoms with Crippen LogP contribution in [0, 0.1) is 6.92 Å². The molecule has 15 heavy (non-hydrogen) atoms. The summed E-state index contributed by atoms with van der Waals surface area (Å²) in [4.78, 5) is 0. The van der Waals surface area contributed by atoms with Gasteiger partial charge in [-0.1, -0.05) is 13.8 Å². The topological polar surface area (TPSA) is 52.0 Å². The molecule has 1 unspecified atom stereocenters. The van der Waals surface area contributed by atoms with E-state index >= 15 is 0 Å². The van der Waals surface area contributed by atoms with Gasteiger partial charge in [0, 0.05) is 6.20 Å². The van der Waals surface area contributed by atoms with Crippen LogP contribution < -0.4 is 0 Å². The Labute approximate surface area is 91.2 Å². The molecule has 0 radical (unpaired) electrons. The Balaban J connectivity index is 0.000000531. The van der Waals surface area contributed by atoms with Crippen LogP contribution >= 0.6 is 0 Å². The molecule has 1 saturated heterocycles. The Morgan fingerprint density at radius 1 is 1.47 bits per heavy atom. The first-order valence-electron chi connectivity index (χ1n) is 5.28. The first-order chi connectivity index (χ1) is 7.07. The van der Waals surface area contributed by atoms with Gasteiger partial charge in [-0.15, -0.1) is 0 Å². The van der Waals surface area contributed by atoms with Crippen molar-refractivity contribution in [1.82, 2.24) is 9.78 Å². The fourth-order valence-corrected chi connectivity index (χ4v) is 3.32. The predicted octanol–water partition coefficient (Wildman–Crippen LogP) is 1.58. The molecular formula is C10H18N2O2S. The highest BCUT2D eigenvalue weighted by molar-refractivity contribution is 7.91. The average molecular weight is 230 g/mol. The molecule has 1 aliphatic rings. The summed E-state index contributed by atoms with van der Waals surface area (Å²) in [7, 11) is -2.80. The molecule has 0 N–H and O–H groups in total. The molecule has 0 spiro atoms. The number of rotatable bonds is 1. The molecule has 2 heterocycles. The standard InChI is InChI=1S/C8H12N2O2S.C2H6/c1-7-4-9-10(5-7)8-2-3-13(11,12)6-8;1-2/h4-5,8H,2-3,6H2,1H3;1-2H3. The van der Waals surface area contributed by atoms with E-state index in [1.807, 2.05) is 27.0 Å². The molecule has 1 aromatic rings. The van der Waals surface area contributed by atoms with Crippen molar-refractivity contribution in [2.45, 2.75) is 33.2 Å². The fourth-order valence-electron chi connectivity index (χ4n) is 1.62. The van der Waals surface area contributed by atoms with E-state index < -0.39 is 9.84 Å². The molecule has 86 valence electrons. The summed E-state index contributed by atoms with van der Waals surface area (Å²) in [5.41, 5.74) is 1.07. The second-order valence-corrected chi connectivity index (χ2v) is 5.78. The normalized spacial score (nSPS) is 23.3. The van der Waals surface area contributed by atoms with Gasteiger partial charge in [-0.05, 0) is 18.9 Å². The predicted molar refractivity (Wildman–Crippen MR) is 60.6 cm³/mol. The molecule has 5 heteroatoms. The summed E-state index contributed by atoms with van der Waals surface area (Å²) in [5, 5.41) is 4.12. The lowest BCUT2D eigenvalue weighted by Gasteiger charge is -2.06. The van der Waals surface area contributed by atoms with Gasteiger partial charge in [0.25, 0.3) is 0 Å². The Kier molecular flexibility index (Phi) is 3.90. The smallest absolute Gasteiger partial charge is 0.152 e. The third-order valence-corrected chi connectivity index (χ3v) is 4.06. The van der Waals surface area contributed by atoms with Crippen LogP contribution in [0.1, 0.15) is 31.9 Å². The van der Waals surface area contributed by atoms with Crippen LogP contribution in [0.5, 0.6) is 0 Å². The van der Waals surface area contributed by atoms with Crippen molar-refractivity contribution in [3.63, 3.8) is 0 Å². The first-order valence-corrected chi connectivity index (χ1v) is 7.10. The van der Waals surface area contributed by atoms with Crippen LogP contribution in [0.15, 0.2) is 12.4 Å². The number of aryl methyl sites for hydroxylation is 1. The summed E-state index contributed by atoms with van der Waals surface area (Å²) in [6, 6.07) is 0.0544. The Morgan fingerprint density at radius 2 is 2.13 bits per heavy atom. The molecule has 1 fully saturated rings. The maximum absolute atomic E-state index is 11.2. The van der Waals surface area contributed by atoms with Crippen LogP contribution in [-0.4, -0.2) is 29.7 Å². The van der Waals surface area contributed by atoms with E-state index in [2.05, 4.69) is 5.10 Å². The van der Waals surface area contributed by atoms with E-state index in [0.717, 1.165) is 5.56 Å². The Morgan fingerprint density at radius 3 is 2.53 bits per heavy atom. The van der Waals surface area contributed by atoms with Gasteiger partial charge in [-0.3, -0.25) is 4.68 Å². The van der Waals surface area contributed by atoms with Gasteiger partial charge in [-0.25, -0.2) is 8.42 Å². The zero-order valence-corrected chi connectivity index (χ0v) is 10.3. The van der Waals surface area contributed by atoms with Crippen molar-refractivity contribution < 1.29 is 8.42 Å². The van der Waals surface area contributed by atoms with Gasteiger partial charge in [0.05, 0.1) is 23.7 Å². The second kappa shape index (κ2) is 4.79. The number of hydrogen-bond acceptors (Lipinski definition) is 3. The van der Waals surface area contributed by atoms with E-state index in [4.69, 9.17) is 0 Å². The van der Waals surface area contributed by atoms with Crippen molar-refractivity contribution >= 4 is 9.84 Å². The van der Waals surface area contributed by atoms with Gasteiger partial charge in [0.15, 0.2) is 9.84 Å². The monoisotopic (exact) mass is 230 g/mol. The van der Waals surface area contributed by atoms with E-state index in [9.17, 15) is 8.42 Å². The molecule has 2 rings (SSSR count). The quantitative estimate of drug-likeness (QED) is 0.736. The zero-order valence-electron chi connectivity index (χ0n) is 9.47. The van der Waals surface area contributed by atoms with Gasteiger partial charge in [0.1, 0.15) is 0 Å². The lowest BCUT2D eigenvalue weighted by molar-refractivity contribution is 0.499. The van der Waals surface area contributed by atoms with Crippen LogP contribution in [0.2, 0.25) is 0 Å². The van der Waals surface area contributed by atoms with Crippen molar-refractivity contribution in [3.8, 4) is 0 Å². The second-order valence-electron chi connectivity index (χ2n) is 3.55. The molecule has 0 aromatic carbocycles. The third-order valence-electron chi connectivity index (χ3n) is 2.31. The molecular weight excluding hydrogens is 212 g/mol. The largest absolute Gasteiger partial charge is 0.268 e. The molecule has 1 aliphatic heterocycles. The number of sulfone groups is 1. The van der Waals surface area contributed by atoms with Crippen molar-refractivity contribution in [2.75, 3.05) is 11.5 Å². The highest BCUT2D eigenvalue weighted by atomic mass is 32.2. The summed E-state index contributed by atoms with van der Waals surface area (Å²) >= 11 is 0. The summed E-state index contributed by atoms with van der Waals surface area (Å²) < 4.78 is 24.1. The van der Waals surface area contributed by atoms with Crippen LogP contribution in [0.3, 0.4) is 0 Å². The fraction of sp³-hybridized carbons (Fsp3) is 0.700.